The number of likely N-dealkylation sites (tertiary alicyclic amines) is 1. The Labute approximate surface area is 195 Å². The minimum absolute atomic E-state index is 0.307. The number of esters is 1. The maximum absolute atomic E-state index is 12.5. The number of halogens is 1. The molecule has 1 N–H and O–H groups in total. The standard InChI is InChI=1S/C24H23ClN2O6/c25-15-10-11-20(33-16-6-2-1-3-7-16)19(12-15)26-21(28)14-32-22(29)13-27-23(30)17-8-4-5-9-18(17)24(27)31/h1-3,6-7,10-12,17-18H,4-5,8-9,13-14H2,(H,26,28). The molecule has 2 aromatic rings. The second-order valence-electron chi connectivity index (χ2n) is 8.02. The van der Waals surface area contributed by atoms with Crippen LogP contribution in [0.25, 0.3) is 0 Å². The molecule has 0 spiro atoms. The number of imide groups is 1. The van der Waals surface area contributed by atoms with Gasteiger partial charge in [0, 0.05) is 5.02 Å². The van der Waals surface area contributed by atoms with Gasteiger partial charge < -0.3 is 14.8 Å². The van der Waals surface area contributed by atoms with E-state index >= 15 is 0 Å². The first-order valence-corrected chi connectivity index (χ1v) is 11.1. The van der Waals surface area contributed by atoms with Crippen molar-refractivity contribution in [2.24, 2.45) is 11.8 Å². The first-order chi connectivity index (χ1) is 15.9. The Morgan fingerprint density at radius 1 is 1.00 bits per heavy atom. The van der Waals surface area contributed by atoms with E-state index in [0.29, 0.717) is 35.1 Å². The van der Waals surface area contributed by atoms with Crippen molar-refractivity contribution >= 4 is 41.0 Å². The Kier molecular flexibility index (Phi) is 6.93. The van der Waals surface area contributed by atoms with Gasteiger partial charge in [-0.05, 0) is 43.2 Å². The number of fused-ring (bicyclic) bond motifs is 1. The molecule has 4 rings (SSSR count). The summed E-state index contributed by atoms with van der Waals surface area (Å²) < 4.78 is 10.8. The first-order valence-electron chi connectivity index (χ1n) is 10.8. The number of carbonyl (C=O) groups excluding carboxylic acids is 4. The molecule has 2 aliphatic rings. The molecular formula is C24H23ClN2O6. The van der Waals surface area contributed by atoms with E-state index < -0.39 is 25.0 Å². The number of para-hydroxylation sites is 1. The Bertz CT molecular complexity index is 1050. The van der Waals surface area contributed by atoms with Gasteiger partial charge in [-0.3, -0.25) is 24.1 Å². The van der Waals surface area contributed by atoms with Gasteiger partial charge in [0.25, 0.3) is 5.91 Å². The Morgan fingerprint density at radius 2 is 1.67 bits per heavy atom. The third-order valence-electron chi connectivity index (χ3n) is 5.77. The highest BCUT2D eigenvalue weighted by molar-refractivity contribution is 6.31. The number of ether oxygens (including phenoxy) is 2. The van der Waals surface area contributed by atoms with Crippen molar-refractivity contribution in [3.8, 4) is 11.5 Å². The van der Waals surface area contributed by atoms with Crippen molar-refractivity contribution in [2.75, 3.05) is 18.5 Å². The highest BCUT2D eigenvalue weighted by Crippen LogP contribution is 2.38. The predicted molar refractivity (Wildman–Crippen MR) is 120 cm³/mol. The third kappa shape index (κ3) is 5.34. The van der Waals surface area contributed by atoms with Crippen LogP contribution < -0.4 is 10.1 Å². The lowest BCUT2D eigenvalue weighted by atomic mass is 9.81. The quantitative estimate of drug-likeness (QED) is 0.488. The topological polar surface area (TPSA) is 102 Å². The van der Waals surface area contributed by atoms with Crippen molar-refractivity contribution in [1.82, 2.24) is 4.90 Å². The summed E-state index contributed by atoms with van der Waals surface area (Å²) in [5.41, 5.74) is 0.307. The summed E-state index contributed by atoms with van der Waals surface area (Å²) in [5.74, 6) is -1.83. The fourth-order valence-corrected chi connectivity index (χ4v) is 4.37. The summed E-state index contributed by atoms with van der Waals surface area (Å²) in [6, 6.07) is 13.8. The van der Waals surface area contributed by atoms with Crippen LogP contribution in [0, 0.1) is 11.8 Å². The molecule has 0 bridgehead atoms. The molecule has 2 aromatic carbocycles. The predicted octanol–water partition coefficient (Wildman–Crippen LogP) is 3.79. The number of nitrogens with one attached hydrogen (secondary N) is 1. The van der Waals surface area contributed by atoms with Crippen LogP contribution in [0.2, 0.25) is 5.02 Å². The van der Waals surface area contributed by atoms with Crippen LogP contribution in [-0.2, 0) is 23.9 Å². The highest BCUT2D eigenvalue weighted by Gasteiger charge is 2.48. The van der Waals surface area contributed by atoms with Crippen molar-refractivity contribution in [1.29, 1.82) is 0 Å². The molecule has 0 aromatic heterocycles. The second kappa shape index (κ2) is 10.0. The molecule has 2 atom stereocenters. The van der Waals surface area contributed by atoms with Crippen LogP contribution in [0.15, 0.2) is 48.5 Å². The summed E-state index contributed by atoms with van der Waals surface area (Å²) >= 11 is 6.04. The summed E-state index contributed by atoms with van der Waals surface area (Å²) in [5, 5.41) is 2.99. The molecule has 2 fully saturated rings. The molecule has 1 aliphatic carbocycles. The number of amides is 3. The minimum Gasteiger partial charge on any atom is -0.455 e. The summed E-state index contributed by atoms with van der Waals surface area (Å²) in [7, 11) is 0. The van der Waals surface area contributed by atoms with Gasteiger partial charge in [0.05, 0.1) is 17.5 Å². The van der Waals surface area contributed by atoms with Crippen molar-refractivity contribution in [3.63, 3.8) is 0 Å². The number of benzene rings is 2. The number of hydrogen-bond acceptors (Lipinski definition) is 6. The van der Waals surface area contributed by atoms with Crippen LogP contribution in [0.1, 0.15) is 25.7 Å². The number of nitrogens with zero attached hydrogens (tertiary/aromatic N) is 1. The van der Waals surface area contributed by atoms with E-state index in [1.807, 2.05) is 18.2 Å². The lowest BCUT2D eigenvalue weighted by Crippen LogP contribution is -2.37. The largest absolute Gasteiger partial charge is 0.455 e. The van der Waals surface area contributed by atoms with E-state index in [0.717, 1.165) is 17.7 Å². The second-order valence-corrected chi connectivity index (χ2v) is 8.46. The molecule has 2 unspecified atom stereocenters. The molecule has 3 amide bonds. The average Bonchev–Trinajstić information content (AvgIpc) is 3.05. The van der Waals surface area contributed by atoms with Crippen LogP contribution in [0.3, 0.4) is 0 Å². The van der Waals surface area contributed by atoms with Crippen molar-refractivity contribution < 1.29 is 28.7 Å². The van der Waals surface area contributed by atoms with Gasteiger partial charge in [-0.25, -0.2) is 0 Å². The molecule has 172 valence electrons. The van der Waals surface area contributed by atoms with Crippen LogP contribution in [0.5, 0.6) is 11.5 Å². The normalized spacial score (nSPS) is 19.7. The molecule has 8 nitrogen and oxygen atoms in total. The molecule has 1 saturated heterocycles. The number of hydrogen-bond donors (Lipinski definition) is 1. The van der Waals surface area contributed by atoms with Crippen LogP contribution in [0.4, 0.5) is 5.69 Å². The van der Waals surface area contributed by atoms with E-state index in [-0.39, 0.29) is 23.7 Å². The van der Waals surface area contributed by atoms with Crippen molar-refractivity contribution in [3.05, 3.63) is 53.6 Å². The molecule has 1 heterocycles. The maximum Gasteiger partial charge on any atom is 0.326 e. The monoisotopic (exact) mass is 470 g/mol. The molecular weight excluding hydrogens is 448 g/mol. The van der Waals surface area contributed by atoms with E-state index in [9.17, 15) is 19.2 Å². The zero-order chi connectivity index (χ0) is 23.4. The molecule has 1 saturated carbocycles. The van der Waals surface area contributed by atoms with Gasteiger partial charge in [-0.15, -0.1) is 0 Å². The maximum atomic E-state index is 12.5. The average molecular weight is 471 g/mol. The SMILES string of the molecule is O=C(COC(=O)CN1C(=O)C2CCCCC2C1=O)Nc1cc(Cl)ccc1Oc1ccccc1. The molecule has 1 aliphatic heterocycles. The van der Waals surface area contributed by atoms with Crippen molar-refractivity contribution in [2.45, 2.75) is 25.7 Å². The third-order valence-corrected chi connectivity index (χ3v) is 6.01. The number of carbonyl (C=O) groups is 4. The zero-order valence-electron chi connectivity index (χ0n) is 17.8. The Balaban J connectivity index is 1.32. The lowest BCUT2D eigenvalue weighted by Gasteiger charge is -2.19. The smallest absolute Gasteiger partial charge is 0.326 e. The summed E-state index contributed by atoms with van der Waals surface area (Å²) in [6.45, 7) is -1.07. The number of anilines is 1. The fourth-order valence-electron chi connectivity index (χ4n) is 4.20. The first kappa shape index (κ1) is 22.8. The highest BCUT2D eigenvalue weighted by atomic mass is 35.5. The minimum atomic E-state index is -0.822. The van der Waals surface area contributed by atoms with Crippen LogP contribution in [-0.4, -0.2) is 41.7 Å². The molecule has 9 heteroatoms. The van der Waals surface area contributed by atoms with Gasteiger partial charge in [0.15, 0.2) is 12.4 Å². The van der Waals surface area contributed by atoms with E-state index in [1.54, 1.807) is 24.3 Å². The summed E-state index contributed by atoms with van der Waals surface area (Å²) in [6.07, 6.45) is 3.13. The zero-order valence-corrected chi connectivity index (χ0v) is 18.5. The van der Waals surface area contributed by atoms with Gasteiger partial charge in [0.1, 0.15) is 12.3 Å². The van der Waals surface area contributed by atoms with Crippen LogP contribution >= 0.6 is 11.6 Å². The van der Waals surface area contributed by atoms with Gasteiger partial charge in [0.2, 0.25) is 11.8 Å². The molecule has 0 radical (unpaired) electrons. The van der Waals surface area contributed by atoms with Gasteiger partial charge in [-0.1, -0.05) is 42.6 Å². The van der Waals surface area contributed by atoms with Gasteiger partial charge in [-0.2, -0.15) is 0 Å². The lowest BCUT2D eigenvalue weighted by molar-refractivity contribution is -0.154. The molecule has 33 heavy (non-hydrogen) atoms. The Morgan fingerprint density at radius 3 is 2.33 bits per heavy atom. The Hall–Kier alpha value is -3.39. The summed E-state index contributed by atoms with van der Waals surface area (Å²) in [4.78, 5) is 50.5. The van der Waals surface area contributed by atoms with E-state index in [1.165, 1.54) is 6.07 Å². The number of rotatable bonds is 7. The van der Waals surface area contributed by atoms with E-state index in [2.05, 4.69) is 5.32 Å². The van der Waals surface area contributed by atoms with E-state index in [4.69, 9.17) is 21.1 Å². The fraction of sp³-hybridized carbons (Fsp3) is 0.333. The van der Waals surface area contributed by atoms with Gasteiger partial charge >= 0.3 is 5.97 Å².